The van der Waals surface area contributed by atoms with Crippen LogP contribution in [0.3, 0.4) is 0 Å². The summed E-state index contributed by atoms with van der Waals surface area (Å²) in [6, 6.07) is 13.4. The second kappa shape index (κ2) is 9.14. The molecule has 0 aromatic heterocycles. The molecular weight excluding hydrogens is 360 g/mol. The van der Waals surface area contributed by atoms with Gasteiger partial charge in [0, 0.05) is 24.3 Å². The van der Waals surface area contributed by atoms with Crippen molar-refractivity contribution in [3.8, 4) is 0 Å². The first-order valence-corrected chi connectivity index (χ1v) is 9.01. The second-order valence-electron chi connectivity index (χ2n) is 6.39. The normalized spacial score (nSPS) is 13.7. The number of ether oxygens (including phenoxy) is 2. The first kappa shape index (κ1) is 19.6. The van der Waals surface area contributed by atoms with Gasteiger partial charge in [-0.15, -0.1) is 0 Å². The van der Waals surface area contributed by atoms with Gasteiger partial charge in [-0.1, -0.05) is 12.1 Å². The van der Waals surface area contributed by atoms with Crippen LogP contribution in [0.25, 0.3) is 0 Å². The van der Waals surface area contributed by atoms with Gasteiger partial charge in [-0.25, -0.2) is 4.79 Å². The van der Waals surface area contributed by atoms with Crippen LogP contribution in [0.2, 0.25) is 0 Å². The summed E-state index contributed by atoms with van der Waals surface area (Å²) in [5.41, 5.74) is 2.33. The molecule has 1 aliphatic heterocycles. The monoisotopic (exact) mass is 382 g/mol. The average Bonchev–Trinajstić information content (AvgIpc) is 2.75. The molecule has 0 aliphatic carbocycles. The van der Waals surface area contributed by atoms with Gasteiger partial charge in [0.05, 0.1) is 32.3 Å². The lowest BCUT2D eigenvalue weighted by Crippen LogP contribution is -2.41. The number of esters is 1. The average molecular weight is 382 g/mol. The number of hydrogen-bond donors (Lipinski definition) is 1. The fraction of sp³-hybridized carbons (Fsp3) is 0.286. The Hall–Kier alpha value is -3.19. The largest absolute Gasteiger partial charge is 0.465 e. The summed E-state index contributed by atoms with van der Waals surface area (Å²) in [5, 5.41) is 2.80. The van der Waals surface area contributed by atoms with E-state index in [1.807, 2.05) is 12.1 Å². The molecule has 1 saturated heterocycles. The van der Waals surface area contributed by atoms with Crippen LogP contribution < -0.4 is 5.32 Å². The summed E-state index contributed by atoms with van der Waals surface area (Å²) >= 11 is 0. The van der Waals surface area contributed by atoms with Crippen molar-refractivity contribution in [1.29, 1.82) is 0 Å². The van der Waals surface area contributed by atoms with Crippen molar-refractivity contribution >= 4 is 23.5 Å². The molecule has 7 heteroatoms. The van der Waals surface area contributed by atoms with E-state index in [2.05, 4.69) is 10.1 Å². The summed E-state index contributed by atoms with van der Waals surface area (Å²) in [6.07, 6.45) is 0.323. The Labute approximate surface area is 163 Å². The minimum Gasteiger partial charge on any atom is -0.465 e. The lowest BCUT2D eigenvalue weighted by Gasteiger charge is -2.26. The van der Waals surface area contributed by atoms with E-state index in [0.717, 1.165) is 5.56 Å². The molecule has 1 heterocycles. The van der Waals surface area contributed by atoms with Crippen LogP contribution >= 0.6 is 0 Å². The quantitative estimate of drug-likeness (QED) is 0.801. The molecule has 1 N–H and O–H groups in total. The molecule has 1 fully saturated rings. The van der Waals surface area contributed by atoms with Crippen molar-refractivity contribution in [2.24, 2.45) is 0 Å². The van der Waals surface area contributed by atoms with Crippen LogP contribution in [0.1, 0.15) is 26.3 Å². The van der Waals surface area contributed by atoms with E-state index in [0.29, 0.717) is 49.5 Å². The van der Waals surface area contributed by atoms with E-state index in [1.165, 1.54) is 7.11 Å². The zero-order chi connectivity index (χ0) is 19.9. The number of rotatable bonds is 5. The number of anilines is 1. The van der Waals surface area contributed by atoms with E-state index in [4.69, 9.17) is 4.74 Å². The summed E-state index contributed by atoms with van der Waals surface area (Å²) in [6.45, 7) is 2.41. The first-order chi connectivity index (χ1) is 13.6. The summed E-state index contributed by atoms with van der Waals surface area (Å²) < 4.78 is 9.89. The SMILES string of the molecule is COC(=O)c1ccc(C(=O)Nc2ccc(CC(=O)N3CCOCC3)cc2)cc1. The van der Waals surface area contributed by atoms with Crippen molar-refractivity contribution in [2.45, 2.75) is 6.42 Å². The molecule has 1 aliphatic rings. The fourth-order valence-electron chi connectivity index (χ4n) is 2.88. The maximum absolute atomic E-state index is 12.3. The van der Waals surface area contributed by atoms with Crippen molar-refractivity contribution in [2.75, 3.05) is 38.7 Å². The molecular formula is C21H22N2O5. The molecule has 0 spiro atoms. The molecule has 0 unspecified atom stereocenters. The number of carbonyl (C=O) groups is 3. The molecule has 0 radical (unpaired) electrons. The van der Waals surface area contributed by atoms with Gasteiger partial charge < -0.3 is 19.7 Å². The highest BCUT2D eigenvalue weighted by Gasteiger charge is 2.17. The summed E-state index contributed by atoms with van der Waals surface area (Å²) in [5.74, 6) is -0.659. The topological polar surface area (TPSA) is 84.9 Å². The maximum atomic E-state index is 12.3. The van der Waals surface area contributed by atoms with Gasteiger partial charge in [-0.05, 0) is 42.0 Å². The Balaban J connectivity index is 1.56. The van der Waals surface area contributed by atoms with Crippen LogP contribution in [0, 0.1) is 0 Å². The van der Waals surface area contributed by atoms with Gasteiger partial charge in [-0.2, -0.15) is 0 Å². The summed E-state index contributed by atoms with van der Waals surface area (Å²) in [7, 11) is 1.31. The van der Waals surface area contributed by atoms with Crippen molar-refractivity contribution in [3.05, 3.63) is 65.2 Å². The molecule has 0 atom stereocenters. The highest BCUT2D eigenvalue weighted by atomic mass is 16.5. The number of methoxy groups -OCH3 is 1. The molecule has 146 valence electrons. The van der Waals surface area contributed by atoms with E-state index in [-0.39, 0.29) is 11.8 Å². The third-order valence-electron chi connectivity index (χ3n) is 4.50. The zero-order valence-electron chi connectivity index (χ0n) is 15.6. The standard InChI is InChI=1S/C21H22N2O5/c1-27-21(26)17-6-4-16(5-7-17)20(25)22-18-8-2-15(3-9-18)14-19(24)23-10-12-28-13-11-23/h2-9H,10-14H2,1H3,(H,22,25). The Bertz CT molecular complexity index is 840. The molecule has 2 amide bonds. The van der Waals surface area contributed by atoms with Crippen LogP contribution in [0.15, 0.2) is 48.5 Å². The van der Waals surface area contributed by atoms with Crippen LogP contribution in [-0.2, 0) is 20.7 Å². The number of nitrogens with one attached hydrogen (secondary N) is 1. The molecule has 3 rings (SSSR count). The highest BCUT2D eigenvalue weighted by Crippen LogP contribution is 2.14. The smallest absolute Gasteiger partial charge is 0.337 e. The number of benzene rings is 2. The lowest BCUT2D eigenvalue weighted by molar-refractivity contribution is -0.134. The van der Waals surface area contributed by atoms with Gasteiger partial charge in [-0.3, -0.25) is 9.59 Å². The van der Waals surface area contributed by atoms with Gasteiger partial charge >= 0.3 is 5.97 Å². The van der Waals surface area contributed by atoms with Gasteiger partial charge in [0.2, 0.25) is 5.91 Å². The minimum atomic E-state index is -0.450. The van der Waals surface area contributed by atoms with E-state index in [1.54, 1.807) is 41.3 Å². The number of amides is 2. The molecule has 2 aromatic rings. The molecule has 7 nitrogen and oxygen atoms in total. The molecule has 0 saturated carbocycles. The van der Waals surface area contributed by atoms with Crippen LogP contribution in [0.5, 0.6) is 0 Å². The van der Waals surface area contributed by atoms with Gasteiger partial charge in [0.25, 0.3) is 5.91 Å². The van der Waals surface area contributed by atoms with Crippen molar-refractivity contribution in [1.82, 2.24) is 4.90 Å². The van der Waals surface area contributed by atoms with Crippen LogP contribution in [0.4, 0.5) is 5.69 Å². The number of carbonyl (C=O) groups excluding carboxylic acids is 3. The molecule has 2 aromatic carbocycles. The van der Waals surface area contributed by atoms with Gasteiger partial charge in [0.15, 0.2) is 0 Å². The Kier molecular flexibility index (Phi) is 6.39. The number of nitrogens with zero attached hydrogens (tertiary/aromatic N) is 1. The molecule has 28 heavy (non-hydrogen) atoms. The van der Waals surface area contributed by atoms with Crippen molar-refractivity contribution < 1.29 is 23.9 Å². The maximum Gasteiger partial charge on any atom is 0.337 e. The number of morpholine rings is 1. The van der Waals surface area contributed by atoms with Crippen LogP contribution in [-0.4, -0.2) is 56.1 Å². The van der Waals surface area contributed by atoms with Gasteiger partial charge in [0.1, 0.15) is 0 Å². The first-order valence-electron chi connectivity index (χ1n) is 9.01. The van der Waals surface area contributed by atoms with E-state index >= 15 is 0 Å². The fourth-order valence-corrected chi connectivity index (χ4v) is 2.88. The number of hydrogen-bond acceptors (Lipinski definition) is 5. The Morgan fingerprint density at radius 3 is 2.18 bits per heavy atom. The lowest BCUT2D eigenvalue weighted by atomic mass is 10.1. The Morgan fingerprint density at radius 1 is 0.964 bits per heavy atom. The predicted octanol–water partition coefficient (Wildman–Crippen LogP) is 2.13. The third kappa shape index (κ3) is 4.95. The zero-order valence-corrected chi connectivity index (χ0v) is 15.6. The minimum absolute atomic E-state index is 0.0748. The summed E-state index contributed by atoms with van der Waals surface area (Å²) in [4.78, 5) is 37.9. The molecule has 0 bridgehead atoms. The Morgan fingerprint density at radius 2 is 1.57 bits per heavy atom. The van der Waals surface area contributed by atoms with Crippen molar-refractivity contribution in [3.63, 3.8) is 0 Å². The van der Waals surface area contributed by atoms with E-state index < -0.39 is 5.97 Å². The van der Waals surface area contributed by atoms with E-state index in [9.17, 15) is 14.4 Å². The third-order valence-corrected chi connectivity index (χ3v) is 4.50. The highest BCUT2D eigenvalue weighted by molar-refractivity contribution is 6.04. The second-order valence-corrected chi connectivity index (χ2v) is 6.39. The predicted molar refractivity (Wildman–Crippen MR) is 103 cm³/mol.